The van der Waals surface area contributed by atoms with Crippen LogP contribution in [0.25, 0.3) is 10.2 Å². The number of aryl methyl sites for hydroxylation is 2. The zero-order valence-electron chi connectivity index (χ0n) is 14.7. The summed E-state index contributed by atoms with van der Waals surface area (Å²) in [5.74, 6) is -0.530. The van der Waals surface area contributed by atoms with Gasteiger partial charge in [0.25, 0.3) is 0 Å². The summed E-state index contributed by atoms with van der Waals surface area (Å²) in [6, 6.07) is 13.7. The van der Waals surface area contributed by atoms with Crippen molar-refractivity contribution in [3.05, 3.63) is 53.6 Å². The van der Waals surface area contributed by atoms with E-state index in [2.05, 4.69) is 10.3 Å². The monoisotopic (exact) mass is 365 g/mol. The van der Waals surface area contributed by atoms with Crippen LogP contribution in [0.5, 0.6) is 0 Å². The van der Waals surface area contributed by atoms with Gasteiger partial charge in [0, 0.05) is 18.7 Å². The second kappa shape index (κ2) is 6.53. The van der Waals surface area contributed by atoms with Crippen LogP contribution in [-0.2, 0) is 9.59 Å². The summed E-state index contributed by atoms with van der Waals surface area (Å²) < 4.78 is 1.03. The average Bonchev–Trinajstić information content (AvgIpc) is 3.20. The number of carbonyl (C=O) groups excluding carboxylic acids is 2. The highest BCUT2D eigenvalue weighted by molar-refractivity contribution is 7.22. The average molecular weight is 365 g/mol. The van der Waals surface area contributed by atoms with Crippen molar-refractivity contribution in [3.63, 3.8) is 0 Å². The molecule has 3 aromatic rings. The number of nitrogens with one attached hydrogen (secondary N) is 1. The Hall–Kier alpha value is -2.73. The van der Waals surface area contributed by atoms with Gasteiger partial charge in [-0.15, -0.1) is 0 Å². The summed E-state index contributed by atoms with van der Waals surface area (Å²) in [6.45, 7) is 4.47. The molecule has 0 aliphatic carbocycles. The van der Waals surface area contributed by atoms with Crippen molar-refractivity contribution < 1.29 is 9.59 Å². The zero-order chi connectivity index (χ0) is 18.3. The van der Waals surface area contributed by atoms with E-state index in [0.29, 0.717) is 11.7 Å². The van der Waals surface area contributed by atoms with Gasteiger partial charge in [-0.3, -0.25) is 9.59 Å². The highest BCUT2D eigenvalue weighted by Crippen LogP contribution is 2.29. The van der Waals surface area contributed by atoms with Crippen LogP contribution < -0.4 is 10.2 Å². The Morgan fingerprint density at radius 3 is 2.77 bits per heavy atom. The van der Waals surface area contributed by atoms with Crippen LogP contribution in [0.15, 0.2) is 42.5 Å². The third kappa shape index (κ3) is 3.08. The van der Waals surface area contributed by atoms with Crippen molar-refractivity contribution in [2.45, 2.75) is 20.3 Å². The van der Waals surface area contributed by atoms with Crippen LogP contribution in [0.1, 0.15) is 17.5 Å². The topological polar surface area (TPSA) is 62.3 Å². The van der Waals surface area contributed by atoms with Crippen molar-refractivity contribution >= 4 is 44.2 Å². The number of nitrogens with zero attached hydrogens (tertiary/aromatic N) is 2. The molecule has 1 saturated heterocycles. The highest BCUT2D eigenvalue weighted by atomic mass is 32.1. The van der Waals surface area contributed by atoms with E-state index in [4.69, 9.17) is 0 Å². The quantitative estimate of drug-likeness (QED) is 0.765. The second-order valence-electron chi connectivity index (χ2n) is 6.65. The Kier molecular flexibility index (Phi) is 4.20. The molecule has 5 nitrogen and oxygen atoms in total. The lowest BCUT2D eigenvalue weighted by Crippen LogP contribution is -2.28. The summed E-state index contributed by atoms with van der Waals surface area (Å²) in [6.07, 6.45) is 0.226. The molecule has 1 aromatic heterocycles. The minimum atomic E-state index is -0.365. The van der Waals surface area contributed by atoms with E-state index in [9.17, 15) is 9.59 Å². The largest absolute Gasteiger partial charge is 0.312 e. The molecule has 26 heavy (non-hydrogen) atoms. The van der Waals surface area contributed by atoms with E-state index in [1.807, 2.05) is 56.3 Å². The normalized spacial score (nSPS) is 17.1. The van der Waals surface area contributed by atoms with Crippen molar-refractivity contribution in [2.24, 2.45) is 5.92 Å². The van der Waals surface area contributed by atoms with Crippen LogP contribution in [0.3, 0.4) is 0 Å². The molecule has 0 bridgehead atoms. The van der Waals surface area contributed by atoms with Gasteiger partial charge in [0.05, 0.1) is 16.1 Å². The summed E-state index contributed by atoms with van der Waals surface area (Å²) in [5.41, 5.74) is 4.05. The Labute approximate surface area is 155 Å². The Morgan fingerprint density at radius 1 is 1.19 bits per heavy atom. The molecule has 132 valence electrons. The van der Waals surface area contributed by atoms with Crippen molar-refractivity contribution in [3.8, 4) is 0 Å². The molecule has 2 amide bonds. The second-order valence-corrected chi connectivity index (χ2v) is 7.68. The number of thiazole rings is 1. The molecule has 0 saturated carbocycles. The molecule has 1 N–H and O–H groups in total. The van der Waals surface area contributed by atoms with Crippen molar-refractivity contribution in [2.75, 3.05) is 16.8 Å². The first-order chi connectivity index (χ1) is 12.5. The lowest BCUT2D eigenvalue weighted by Gasteiger charge is -2.17. The van der Waals surface area contributed by atoms with E-state index in [1.165, 1.54) is 16.9 Å². The number of para-hydroxylation sites is 1. The highest BCUT2D eigenvalue weighted by Gasteiger charge is 2.35. The third-order valence-electron chi connectivity index (χ3n) is 4.82. The fourth-order valence-corrected chi connectivity index (χ4v) is 4.03. The molecule has 1 aliphatic rings. The predicted molar refractivity (Wildman–Crippen MR) is 105 cm³/mol. The molecule has 2 heterocycles. The molecular weight excluding hydrogens is 346 g/mol. The molecule has 2 aromatic carbocycles. The van der Waals surface area contributed by atoms with E-state index >= 15 is 0 Å². The molecule has 0 spiro atoms. The third-order valence-corrected chi connectivity index (χ3v) is 5.77. The Balaban J connectivity index is 1.48. The number of amides is 2. The SMILES string of the molecule is Cc1ccc(N2C[C@@H](C(=O)Nc3nc4ccccc4s3)CC2=O)cc1C. The van der Waals surface area contributed by atoms with E-state index in [1.54, 1.807) is 4.90 Å². The number of fused-ring (bicyclic) bond motifs is 1. The molecule has 1 atom stereocenters. The fourth-order valence-electron chi connectivity index (χ4n) is 3.16. The van der Waals surface area contributed by atoms with Gasteiger partial charge in [0.15, 0.2) is 5.13 Å². The van der Waals surface area contributed by atoms with Gasteiger partial charge in [-0.25, -0.2) is 4.98 Å². The summed E-state index contributed by atoms with van der Waals surface area (Å²) in [4.78, 5) is 31.2. The summed E-state index contributed by atoms with van der Waals surface area (Å²) >= 11 is 1.44. The van der Waals surface area contributed by atoms with Gasteiger partial charge in [0.1, 0.15) is 0 Å². The number of anilines is 2. The maximum Gasteiger partial charge on any atom is 0.231 e. The van der Waals surface area contributed by atoms with Gasteiger partial charge >= 0.3 is 0 Å². The van der Waals surface area contributed by atoms with Gasteiger partial charge < -0.3 is 10.2 Å². The number of hydrogen-bond acceptors (Lipinski definition) is 4. The van der Waals surface area contributed by atoms with Crippen LogP contribution >= 0.6 is 11.3 Å². The molecule has 1 fully saturated rings. The molecule has 6 heteroatoms. The predicted octanol–water partition coefficient (Wildman–Crippen LogP) is 3.90. The molecule has 0 unspecified atom stereocenters. The van der Waals surface area contributed by atoms with Gasteiger partial charge in [-0.05, 0) is 49.2 Å². The first-order valence-corrected chi connectivity index (χ1v) is 9.37. The van der Waals surface area contributed by atoms with Crippen molar-refractivity contribution in [1.29, 1.82) is 0 Å². The zero-order valence-corrected chi connectivity index (χ0v) is 15.5. The summed E-state index contributed by atoms with van der Waals surface area (Å²) in [7, 11) is 0. The minimum Gasteiger partial charge on any atom is -0.312 e. The standard InChI is InChI=1S/C20H19N3O2S/c1-12-7-8-15(9-13(12)2)23-11-14(10-18(23)24)19(25)22-20-21-16-5-3-4-6-17(16)26-20/h3-9,14H,10-11H2,1-2H3,(H,21,22,25)/t14-/m0/s1. The summed E-state index contributed by atoms with van der Waals surface area (Å²) in [5, 5.41) is 3.45. The van der Waals surface area contributed by atoms with Crippen LogP contribution in [0.4, 0.5) is 10.8 Å². The van der Waals surface area contributed by atoms with Crippen molar-refractivity contribution in [1.82, 2.24) is 4.98 Å². The van der Waals surface area contributed by atoms with Gasteiger partial charge in [-0.2, -0.15) is 0 Å². The fraction of sp³-hybridized carbons (Fsp3) is 0.250. The molecule has 0 radical (unpaired) electrons. The van der Waals surface area contributed by atoms with E-state index < -0.39 is 0 Å². The molecular formula is C20H19N3O2S. The maximum atomic E-state index is 12.6. The van der Waals surface area contributed by atoms with E-state index in [-0.39, 0.29) is 24.2 Å². The Bertz CT molecular complexity index is 978. The first kappa shape index (κ1) is 16.7. The number of rotatable bonds is 3. The Morgan fingerprint density at radius 2 is 2.00 bits per heavy atom. The van der Waals surface area contributed by atoms with Gasteiger partial charge in [-0.1, -0.05) is 29.5 Å². The maximum absolute atomic E-state index is 12.6. The first-order valence-electron chi connectivity index (χ1n) is 8.55. The van der Waals surface area contributed by atoms with Crippen LogP contribution in [0.2, 0.25) is 0 Å². The minimum absolute atomic E-state index is 0.0160. The smallest absolute Gasteiger partial charge is 0.231 e. The number of carbonyl (C=O) groups is 2. The van der Waals surface area contributed by atoms with Gasteiger partial charge in [0.2, 0.25) is 11.8 Å². The van der Waals surface area contributed by atoms with E-state index in [0.717, 1.165) is 21.5 Å². The lowest BCUT2D eigenvalue weighted by atomic mass is 10.1. The molecule has 4 rings (SSSR count). The van der Waals surface area contributed by atoms with Crippen LogP contribution in [0, 0.1) is 19.8 Å². The number of benzene rings is 2. The lowest BCUT2D eigenvalue weighted by molar-refractivity contribution is -0.122. The number of hydrogen-bond donors (Lipinski definition) is 1. The molecule has 1 aliphatic heterocycles. The van der Waals surface area contributed by atoms with Crippen LogP contribution in [-0.4, -0.2) is 23.3 Å². The number of aromatic nitrogens is 1.